The molecule has 7 nitrogen and oxygen atoms in total. The number of likely N-dealkylation sites (N-methyl/N-ethyl adjacent to an activating group) is 1. The number of thiophene rings is 1. The van der Waals surface area contributed by atoms with Crippen molar-refractivity contribution in [1.29, 1.82) is 0 Å². The third-order valence-electron chi connectivity index (χ3n) is 3.02. The summed E-state index contributed by atoms with van der Waals surface area (Å²) in [4.78, 5) is 24.0. The molecule has 0 atom stereocenters. The number of carbonyl (C=O) groups excluding carboxylic acids is 1. The van der Waals surface area contributed by atoms with Gasteiger partial charge in [-0.2, -0.15) is 4.31 Å². The highest BCUT2D eigenvalue weighted by molar-refractivity contribution is 7.91. The first kappa shape index (κ1) is 14.9. The Morgan fingerprint density at radius 2 is 2.05 bits per heavy atom. The molecule has 0 spiro atoms. The molecule has 0 saturated carbocycles. The van der Waals surface area contributed by atoms with Crippen molar-refractivity contribution in [3.63, 3.8) is 0 Å². The Balaban J connectivity index is 2.29. The van der Waals surface area contributed by atoms with E-state index in [0.29, 0.717) is 24.3 Å². The highest BCUT2D eigenvalue weighted by atomic mass is 32.2. The lowest BCUT2D eigenvalue weighted by molar-refractivity contribution is -0.129. The Kier molecular flexibility index (Phi) is 4.11. The predicted molar refractivity (Wildman–Crippen MR) is 72.3 cm³/mol. The van der Waals surface area contributed by atoms with Crippen LogP contribution in [-0.2, 0) is 14.8 Å². The summed E-state index contributed by atoms with van der Waals surface area (Å²) < 4.78 is 25.9. The summed E-state index contributed by atoms with van der Waals surface area (Å²) in [6.45, 7) is 0.549. The van der Waals surface area contributed by atoms with E-state index in [1.54, 1.807) is 7.05 Å². The first-order valence-electron chi connectivity index (χ1n) is 5.89. The molecule has 110 valence electrons. The number of carboxylic acids is 1. The van der Waals surface area contributed by atoms with Crippen LogP contribution in [0.5, 0.6) is 0 Å². The van der Waals surface area contributed by atoms with E-state index < -0.39 is 16.0 Å². The van der Waals surface area contributed by atoms with Crippen LogP contribution < -0.4 is 0 Å². The second kappa shape index (κ2) is 5.51. The molecule has 1 aliphatic rings. The van der Waals surface area contributed by atoms with E-state index in [9.17, 15) is 18.0 Å². The van der Waals surface area contributed by atoms with Crippen molar-refractivity contribution in [2.45, 2.75) is 10.6 Å². The Morgan fingerprint density at radius 1 is 1.35 bits per heavy atom. The first-order valence-corrected chi connectivity index (χ1v) is 8.15. The van der Waals surface area contributed by atoms with Gasteiger partial charge in [-0.15, -0.1) is 11.3 Å². The van der Waals surface area contributed by atoms with E-state index >= 15 is 0 Å². The SMILES string of the molecule is CN1CCCN(S(=O)(=O)c2ccc(C(=O)O)s2)CC1=O. The van der Waals surface area contributed by atoms with Crippen molar-refractivity contribution in [1.82, 2.24) is 9.21 Å². The van der Waals surface area contributed by atoms with Crippen LogP contribution in [-0.4, -0.2) is 61.3 Å². The molecule has 1 N–H and O–H groups in total. The zero-order chi connectivity index (χ0) is 14.9. The number of rotatable bonds is 3. The Morgan fingerprint density at radius 3 is 2.65 bits per heavy atom. The lowest BCUT2D eigenvalue weighted by atomic mass is 10.4. The highest BCUT2D eigenvalue weighted by Gasteiger charge is 2.31. The fourth-order valence-electron chi connectivity index (χ4n) is 1.87. The van der Waals surface area contributed by atoms with Crippen molar-refractivity contribution >= 4 is 33.2 Å². The third-order valence-corrected chi connectivity index (χ3v) is 6.41. The number of nitrogens with zero attached hydrogens (tertiary/aromatic N) is 2. The van der Waals surface area contributed by atoms with Gasteiger partial charge < -0.3 is 10.0 Å². The number of amides is 1. The van der Waals surface area contributed by atoms with Gasteiger partial charge in [-0.25, -0.2) is 13.2 Å². The van der Waals surface area contributed by atoms with E-state index in [0.717, 1.165) is 4.31 Å². The van der Waals surface area contributed by atoms with Gasteiger partial charge in [0.15, 0.2) is 0 Å². The molecule has 9 heteroatoms. The van der Waals surface area contributed by atoms with Gasteiger partial charge in [-0.3, -0.25) is 4.79 Å². The maximum absolute atomic E-state index is 12.4. The van der Waals surface area contributed by atoms with E-state index in [1.165, 1.54) is 17.0 Å². The van der Waals surface area contributed by atoms with Crippen molar-refractivity contribution in [3.8, 4) is 0 Å². The molecule has 2 rings (SSSR count). The smallest absolute Gasteiger partial charge is 0.345 e. The molecule has 1 amide bonds. The summed E-state index contributed by atoms with van der Waals surface area (Å²) in [5, 5.41) is 8.84. The fraction of sp³-hybridized carbons (Fsp3) is 0.455. The van der Waals surface area contributed by atoms with Crippen LogP contribution in [0.1, 0.15) is 16.1 Å². The van der Waals surface area contributed by atoms with Gasteiger partial charge in [0.1, 0.15) is 9.09 Å². The zero-order valence-corrected chi connectivity index (χ0v) is 12.4. The van der Waals surface area contributed by atoms with Gasteiger partial charge in [0, 0.05) is 20.1 Å². The van der Waals surface area contributed by atoms with Gasteiger partial charge in [0.05, 0.1) is 6.54 Å². The van der Waals surface area contributed by atoms with Crippen molar-refractivity contribution in [2.24, 2.45) is 0 Å². The molecule has 1 saturated heterocycles. The molecule has 2 heterocycles. The van der Waals surface area contributed by atoms with Gasteiger partial charge in [-0.05, 0) is 18.6 Å². The number of hydrogen-bond donors (Lipinski definition) is 1. The number of aromatic carboxylic acids is 1. The Bertz CT molecular complexity index is 637. The van der Waals surface area contributed by atoms with E-state index in [1.807, 2.05) is 0 Å². The van der Waals surface area contributed by atoms with Crippen LogP contribution in [0.3, 0.4) is 0 Å². The summed E-state index contributed by atoms with van der Waals surface area (Å²) in [5.41, 5.74) is 0. The van der Waals surface area contributed by atoms with Crippen molar-refractivity contribution in [2.75, 3.05) is 26.7 Å². The molecule has 1 aliphatic heterocycles. The van der Waals surface area contributed by atoms with Gasteiger partial charge >= 0.3 is 5.97 Å². The van der Waals surface area contributed by atoms with E-state index in [-0.39, 0.29) is 28.1 Å². The van der Waals surface area contributed by atoms with E-state index in [4.69, 9.17) is 5.11 Å². The van der Waals surface area contributed by atoms with E-state index in [2.05, 4.69) is 0 Å². The van der Waals surface area contributed by atoms with Gasteiger partial charge in [0.2, 0.25) is 5.91 Å². The number of carboxylic acid groups (broad SMARTS) is 1. The standard InChI is InChI=1S/C11H14N2O5S2/c1-12-5-2-6-13(7-9(12)14)20(17,18)10-4-3-8(19-10)11(15)16/h3-4H,2,5-7H2,1H3,(H,15,16). The molecule has 20 heavy (non-hydrogen) atoms. The van der Waals surface area contributed by atoms with Crippen LogP contribution in [0.25, 0.3) is 0 Å². The molecule has 0 aromatic carbocycles. The van der Waals surface area contributed by atoms with Crippen LogP contribution in [0, 0.1) is 0 Å². The summed E-state index contributed by atoms with van der Waals surface area (Å²) in [5.74, 6) is -1.43. The average Bonchev–Trinajstić information content (AvgIpc) is 2.81. The predicted octanol–water partition coefficient (Wildman–Crippen LogP) is 0.299. The third kappa shape index (κ3) is 2.84. The fourth-order valence-corrected chi connectivity index (χ4v) is 4.59. The van der Waals surface area contributed by atoms with Crippen molar-refractivity contribution < 1.29 is 23.1 Å². The Hall–Kier alpha value is -1.45. The molecule has 1 aromatic heterocycles. The molecule has 0 aliphatic carbocycles. The quantitative estimate of drug-likeness (QED) is 0.865. The normalized spacial score (nSPS) is 18.1. The minimum absolute atomic E-state index is 0.0400. The molecule has 1 aromatic rings. The molecule has 0 bridgehead atoms. The molecular weight excluding hydrogens is 304 g/mol. The van der Waals surface area contributed by atoms with Crippen LogP contribution in [0.2, 0.25) is 0 Å². The second-order valence-electron chi connectivity index (χ2n) is 4.43. The first-order chi connectivity index (χ1) is 9.32. The summed E-state index contributed by atoms with van der Waals surface area (Å²) in [6, 6.07) is 2.52. The summed E-state index contributed by atoms with van der Waals surface area (Å²) in [7, 11) is -2.18. The molecular formula is C11H14N2O5S2. The largest absolute Gasteiger partial charge is 0.477 e. The lowest BCUT2D eigenvalue weighted by Gasteiger charge is -2.18. The zero-order valence-electron chi connectivity index (χ0n) is 10.8. The van der Waals surface area contributed by atoms with Gasteiger partial charge in [0.25, 0.3) is 10.0 Å². The van der Waals surface area contributed by atoms with Crippen LogP contribution >= 0.6 is 11.3 Å². The minimum Gasteiger partial charge on any atom is -0.477 e. The lowest BCUT2D eigenvalue weighted by Crippen LogP contribution is -2.37. The minimum atomic E-state index is -3.81. The number of sulfonamides is 1. The topological polar surface area (TPSA) is 95.0 Å². The van der Waals surface area contributed by atoms with Crippen LogP contribution in [0.4, 0.5) is 0 Å². The average molecular weight is 318 g/mol. The maximum Gasteiger partial charge on any atom is 0.345 e. The maximum atomic E-state index is 12.4. The van der Waals surface area contributed by atoms with Gasteiger partial charge in [-0.1, -0.05) is 0 Å². The molecule has 1 fully saturated rings. The van der Waals surface area contributed by atoms with Crippen molar-refractivity contribution in [3.05, 3.63) is 17.0 Å². The summed E-state index contributed by atoms with van der Waals surface area (Å²) in [6.07, 6.45) is 0.554. The van der Waals surface area contributed by atoms with Crippen LogP contribution in [0.15, 0.2) is 16.3 Å². The Labute approximate surface area is 120 Å². The second-order valence-corrected chi connectivity index (χ2v) is 7.68. The number of hydrogen-bond acceptors (Lipinski definition) is 5. The molecule has 0 radical (unpaired) electrons. The monoisotopic (exact) mass is 318 g/mol. The summed E-state index contributed by atoms with van der Waals surface area (Å²) >= 11 is 0.696. The number of carbonyl (C=O) groups is 2. The highest BCUT2D eigenvalue weighted by Crippen LogP contribution is 2.25. The molecule has 0 unspecified atom stereocenters.